The summed E-state index contributed by atoms with van der Waals surface area (Å²) < 4.78 is 1.77. The molecule has 0 aliphatic carbocycles. The molecule has 2 heterocycles. The van der Waals surface area contributed by atoms with Gasteiger partial charge in [-0.3, -0.25) is 9.48 Å². The summed E-state index contributed by atoms with van der Waals surface area (Å²) in [5.41, 5.74) is 4.46. The first-order valence-electron chi connectivity index (χ1n) is 7.30. The lowest BCUT2D eigenvalue weighted by Gasteiger charge is -2.17. The fourth-order valence-corrected chi connectivity index (χ4v) is 2.65. The lowest BCUT2D eigenvalue weighted by Crippen LogP contribution is -2.27. The molecule has 0 spiro atoms. The molecule has 5 heteroatoms. The molecule has 3 rings (SSSR count). The maximum Gasteiger partial charge on any atom is 0.251 e. The molecule has 1 aromatic heterocycles. The second-order valence-electron chi connectivity index (χ2n) is 5.44. The highest BCUT2D eigenvalue weighted by Gasteiger charge is 2.12. The first kappa shape index (κ1) is 13.8. The Morgan fingerprint density at radius 3 is 3.14 bits per heavy atom. The Morgan fingerprint density at radius 1 is 1.43 bits per heavy atom. The van der Waals surface area contributed by atoms with Crippen LogP contribution in [0.5, 0.6) is 0 Å². The van der Waals surface area contributed by atoms with E-state index in [2.05, 4.69) is 21.8 Å². The van der Waals surface area contributed by atoms with Crippen molar-refractivity contribution in [3.8, 4) is 0 Å². The van der Waals surface area contributed by atoms with Crippen LogP contribution in [-0.2, 0) is 26.4 Å². The molecule has 2 N–H and O–H groups in total. The SMILES string of the molecule is Cn1cc(CCNC(=O)c2ccc3c(c2)CNCC3)cn1. The van der Waals surface area contributed by atoms with E-state index in [0.29, 0.717) is 6.54 Å². The molecule has 5 nitrogen and oxygen atoms in total. The highest BCUT2D eigenvalue weighted by Crippen LogP contribution is 2.15. The Balaban J connectivity index is 1.57. The summed E-state index contributed by atoms with van der Waals surface area (Å²) in [6.45, 7) is 2.50. The number of aryl methyl sites for hydroxylation is 1. The summed E-state index contributed by atoms with van der Waals surface area (Å²) in [5, 5.41) is 10.4. The minimum absolute atomic E-state index is 0.00716. The van der Waals surface area contributed by atoms with Gasteiger partial charge in [-0.1, -0.05) is 6.07 Å². The molecule has 0 saturated heterocycles. The quantitative estimate of drug-likeness (QED) is 0.882. The average molecular weight is 284 g/mol. The van der Waals surface area contributed by atoms with E-state index in [1.807, 2.05) is 31.6 Å². The Hall–Kier alpha value is -2.14. The molecule has 1 aromatic carbocycles. The smallest absolute Gasteiger partial charge is 0.251 e. The third-order valence-electron chi connectivity index (χ3n) is 3.81. The summed E-state index contributed by atoms with van der Waals surface area (Å²) in [6.07, 6.45) is 5.64. The molecule has 1 amide bonds. The van der Waals surface area contributed by atoms with Crippen LogP contribution in [0, 0.1) is 0 Å². The fraction of sp³-hybridized carbons (Fsp3) is 0.375. The number of rotatable bonds is 4. The number of fused-ring (bicyclic) bond motifs is 1. The van der Waals surface area contributed by atoms with Crippen LogP contribution in [0.1, 0.15) is 27.0 Å². The molecule has 0 bridgehead atoms. The minimum atomic E-state index is -0.00716. The Bertz CT molecular complexity index is 647. The summed E-state index contributed by atoms with van der Waals surface area (Å²) >= 11 is 0. The van der Waals surface area contributed by atoms with Crippen LogP contribution in [0.3, 0.4) is 0 Å². The zero-order chi connectivity index (χ0) is 14.7. The van der Waals surface area contributed by atoms with E-state index in [0.717, 1.165) is 37.1 Å². The molecule has 0 atom stereocenters. The molecule has 1 aliphatic heterocycles. The lowest BCUT2D eigenvalue weighted by atomic mass is 9.98. The Kier molecular flexibility index (Phi) is 4.01. The van der Waals surface area contributed by atoms with Gasteiger partial charge in [-0.25, -0.2) is 0 Å². The molecule has 110 valence electrons. The van der Waals surface area contributed by atoms with Gasteiger partial charge in [0.25, 0.3) is 5.91 Å². The topological polar surface area (TPSA) is 59.0 Å². The molecule has 2 aromatic rings. The summed E-state index contributed by atoms with van der Waals surface area (Å²) in [4.78, 5) is 12.2. The number of nitrogens with zero attached hydrogens (tertiary/aromatic N) is 2. The van der Waals surface area contributed by atoms with Gasteiger partial charge in [-0.15, -0.1) is 0 Å². The highest BCUT2D eigenvalue weighted by molar-refractivity contribution is 5.94. The molecule has 0 unspecified atom stereocenters. The van der Waals surface area contributed by atoms with Crippen molar-refractivity contribution in [2.75, 3.05) is 13.1 Å². The zero-order valence-electron chi connectivity index (χ0n) is 12.2. The largest absolute Gasteiger partial charge is 0.352 e. The number of aromatic nitrogens is 2. The molecule has 0 saturated carbocycles. The van der Waals surface area contributed by atoms with Gasteiger partial charge in [0.15, 0.2) is 0 Å². The Labute approximate surface area is 124 Å². The van der Waals surface area contributed by atoms with Crippen LogP contribution in [0.2, 0.25) is 0 Å². The van der Waals surface area contributed by atoms with Gasteiger partial charge < -0.3 is 10.6 Å². The van der Waals surface area contributed by atoms with Crippen molar-refractivity contribution in [3.63, 3.8) is 0 Å². The number of nitrogens with one attached hydrogen (secondary N) is 2. The number of benzene rings is 1. The third-order valence-corrected chi connectivity index (χ3v) is 3.81. The van der Waals surface area contributed by atoms with Crippen molar-refractivity contribution in [2.24, 2.45) is 7.05 Å². The lowest BCUT2D eigenvalue weighted by molar-refractivity contribution is 0.0954. The summed E-state index contributed by atoms with van der Waals surface area (Å²) in [5.74, 6) is -0.00716. The fourth-order valence-electron chi connectivity index (χ4n) is 2.65. The first-order chi connectivity index (χ1) is 10.2. The van der Waals surface area contributed by atoms with Crippen LogP contribution in [0.4, 0.5) is 0 Å². The van der Waals surface area contributed by atoms with Crippen molar-refractivity contribution in [3.05, 3.63) is 52.8 Å². The van der Waals surface area contributed by atoms with Crippen LogP contribution in [0.25, 0.3) is 0 Å². The van der Waals surface area contributed by atoms with Gasteiger partial charge in [-0.2, -0.15) is 5.10 Å². The third kappa shape index (κ3) is 3.31. The maximum atomic E-state index is 12.2. The van der Waals surface area contributed by atoms with Gasteiger partial charge in [-0.05, 0) is 48.2 Å². The van der Waals surface area contributed by atoms with Crippen LogP contribution < -0.4 is 10.6 Å². The molecular formula is C16H20N4O. The van der Waals surface area contributed by atoms with Gasteiger partial charge in [0.2, 0.25) is 0 Å². The average Bonchev–Trinajstić information content (AvgIpc) is 2.92. The van der Waals surface area contributed by atoms with Crippen molar-refractivity contribution < 1.29 is 4.79 Å². The van der Waals surface area contributed by atoms with Crippen molar-refractivity contribution in [1.29, 1.82) is 0 Å². The van der Waals surface area contributed by atoms with Crippen LogP contribution in [-0.4, -0.2) is 28.8 Å². The number of carbonyl (C=O) groups excluding carboxylic acids is 1. The molecular weight excluding hydrogens is 264 g/mol. The molecule has 0 fully saturated rings. The van der Waals surface area contributed by atoms with Gasteiger partial charge in [0.05, 0.1) is 6.20 Å². The van der Waals surface area contributed by atoms with Crippen molar-refractivity contribution in [2.45, 2.75) is 19.4 Å². The van der Waals surface area contributed by atoms with Crippen LogP contribution >= 0.6 is 0 Å². The number of hydrogen-bond acceptors (Lipinski definition) is 3. The van der Waals surface area contributed by atoms with E-state index in [-0.39, 0.29) is 5.91 Å². The van der Waals surface area contributed by atoms with Gasteiger partial charge in [0.1, 0.15) is 0 Å². The maximum absolute atomic E-state index is 12.2. The minimum Gasteiger partial charge on any atom is -0.352 e. The Morgan fingerprint density at radius 2 is 2.33 bits per heavy atom. The monoisotopic (exact) mass is 284 g/mol. The van der Waals surface area contributed by atoms with E-state index >= 15 is 0 Å². The van der Waals surface area contributed by atoms with Crippen molar-refractivity contribution in [1.82, 2.24) is 20.4 Å². The molecule has 1 aliphatic rings. The molecule has 0 radical (unpaired) electrons. The van der Waals surface area contributed by atoms with E-state index < -0.39 is 0 Å². The zero-order valence-corrected chi connectivity index (χ0v) is 12.2. The molecule has 21 heavy (non-hydrogen) atoms. The van der Waals surface area contributed by atoms with E-state index in [9.17, 15) is 4.79 Å². The highest BCUT2D eigenvalue weighted by atomic mass is 16.1. The van der Waals surface area contributed by atoms with E-state index in [4.69, 9.17) is 0 Å². The van der Waals surface area contributed by atoms with Crippen LogP contribution in [0.15, 0.2) is 30.6 Å². The second kappa shape index (κ2) is 6.10. The second-order valence-corrected chi connectivity index (χ2v) is 5.44. The van der Waals surface area contributed by atoms with Gasteiger partial charge >= 0.3 is 0 Å². The number of amides is 1. The number of carbonyl (C=O) groups is 1. The predicted molar refractivity (Wildman–Crippen MR) is 81.1 cm³/mol. The summed E-state index contributed by atoms with van der Waals surface area (Å²) in [6, 6.07) is 6.00. The van der Waals surface area contributed by atoms with Gasteiger partial charge in [0, 0.05) is 31.9 Å². The first-order valence-corrected chi connectivity index (χ1v) is 7.30. The van der Waals surface area contributed by atoms with Crippen molar-refractivity contribution >= 4 is 5.91 Å². The standard InChI is InChI=1S/C16H20N4O/c1-20-11-12(9-19-20)4-7-18-16(21)14-3-2-13-5-6-17-10-15(13)8-14/h2-3,8-9,11,17H,4-7,10H2,1H3,(H,18,21). The van der Waals surface area contributed by atoms with E-state index in [1.165, 1.54) is 11.1 Å². The normalized spacial score (nSPS) is 13.8. The van der Waals surface area contributed by atoms with E-state index in [1.54, 1.807) is 4.68 Å². The number of hydrogen-bond donors (Lipinski definition) is 2. The predicted octanol–water partition coefficient (Wildman–Crippen LogP) is 1.04. The summed E-state index contributed by atoms with van der Waals surface area (Å²) in [7, 11) is 1.89.